The summed E-state index contributed by atoms with van der Waals surface area (Å²) in [6, 6.07) is 15.2. The van der Waals surface area contributed by atoms with Crippen molar-refractivity contribution in [3.05, 3.63) is 74.9 Å². The minimum absolute atomic E-state index is 0.181. The van der Waals surface area contributed by atoms with Crippen molar-refractivity contribution >= 4 is 45.3 Å². The van der Waals surface area contributed by atoms with Crippen molar-refractivity contribution < 1.29 is 4.79 Å². The van der Waals surface area contributed by atoms with Crippen LogP contribution in [0.4, 0.5) is 0 Å². The zero-order valence-electron chi connectivity index (χ0n) is 11.5. The third kappa shape index (κ3) is 3.46. The molecule has 1 N–H and O–H groups in total. The average molecular weight is 376 g/mol. The van der Waals surface area contributed by atoms with Crippen LogP contribution < -0.4 is 5.32 Å². The molecule has 3 rings (SSSR count). The first-order chi connectivity index (χ1) is 10.6. The van der Waals surface area contributed by atoms with Gasteiger partial charge >= 0.3 is 0 Å². The number of hydrogen-bond acceptors (Lipinski definition) is 2. The maximum Gasteiger partial charge on any atom is 0.275 e. The highest BCUT2D eigenvalue weighted by molar-refractivity contribution is 9.10. The quantitative estimate of drug-likeness (QED) is 0.802. The van der Waals surface area contributed by atoms with Gasteiger partial charge in [-0.15, -0.1) is 0 Å². The molecule has 2 aromatic carbocycles. The van der Waals surface area contributed by atoms with E-state index in [-0.39, 0.29) is 5.91 Å². The topological polar surface area (TPSA) is 41.5 Å². The number of rotatable bonds is 3. The van der Waals surface area contributed by atoms with Crippen LogP contribution in [0.3, 0.4) is 0 Å². The molecule has 2 aromatic rings. The number of hydrogen-bond donors (Lipinski definition) is 1. The molecule has 5 heteroatoms. The Morgan fingerprint density at radius 2 is 1.86 bits per heavy atom. The first-order valence-electron chi connectivity index (χ1n) is 6.71. The van der Waals surface area contributed by atoms with Crippen LogP contribution in [0.25, 0.3) is 6.08 Å². The zero-order chi connectivity index (χ0) is 15.5. The minimum Gasteiger partial charge on any atom is -0.308 e. The summed E-state index contributed by atoms with van der Waals surface area (Å²) in [5.41, 5.74) is 2.38. The Kier molecular flexibility index (Phi) is 4.41. The summed E-state index contributed by atoms with van der Waals surface area (Å²) in [5, 5.41) is 3.49. The number of benzene rings is 2. The van der Waals surface area contributed by atoms with Gasteiger partial charge in [-0.05, 0) is 35.4 Å². The van der Waals surface area contributed by atoms with E-state index in [1.54, 1.807) is 6.08 Å². The first-order valence-corrected chi connectivity index (χ1v) is 7.88. The predicted molar refractivity (Wildman–Crippen MR) is 92.9 cm³/mol. The summed E-state index contributed by atoms with van der Waals surface area (Å²) in [7, 11) is 0. The fourth-order valence-electron chi connectivity index (χ4n) is 2.14. The van der Waals surface area contributed by atoms with Gasteiger partial charge in [0.25, 0.3) is 5.91 Å². The van der Waals surface area contributed by atoms with E-state index in [9.17, 15) is 4.79 Å². The number of nitrogens with zero attached hydrogens (tertiary/aromatic N) is 1. The van der Waals surface area contributed by atoms with Crippen molar-refractivity contribution in [2.24, 2.45) is 4.99 Å². The van der Waals surface area contributed by atoms with Gasteiger partial charge in [0.2, 0.25) is 0 Å². The largest absolute Gasteiger partial charge is 0.308 e. The van der Waals surface area contributed by atoms with E-state index in [1.165, 1.54) is 0 Å². The van der Waals surface area contributed by atoms with Gasteiger partial charge in [-0.3, -0.25) is 4.79 Å². The Labute approximate surface area is 141 Å². The molecule has 0 aliphatic carbocycles. The maximum absolute atomic E-state index is 12.0. The van der Waals surface area contributed by atoms with E-state index in [0.29, 0.717) is 23.0 Å². The van der Waals surface area contributed by atoms with Gasteiger partial charge in [0, 0.05) is 15.9 Å². The van der Waals surface area contributed by atoms with Crippen LogP contribution in [0.2, 0.25) is 5.02 Å². The van der Waals surface area contributed by atoms with Crippen molar-refractivity contribution in [2.45, 2.75) is 6.42 Å². The summed E-state index contributed by atoms with van der Waals surface area (Å²) < 4.78 is 0.927. The van der Waals surface area contributed by atoms with E-state index < -0.39 is 0 Å². The molecule has 0 fully saturated rings. The maximum atomic E-state index is 12.0. The van der Waals surface area contributed by atoms with Crippen LogP contribution >= 0.6 is 27.5 Å². The average Bonchev–Trinajstić information content (AvgIpc) is 2.84. The summed E-state index contributed by atoms with van der Waals surface area (Å²) in [5.74, 6) is 0.463. The van der Waals surface area contributed by atoms with Crippen LogP contribution in [0.5, 0.6) is 0 Å². The SMILES string of the molecule is O=C1NC(Cc2ccc(Cl)cc2)=N/C1=C\c1ccccc1Br. The fourth-order valence-corrected chi connectivity index (χ4v) is 2.66. The van der Waals surface area contributed by atoms with E-state index in [0.717, 1.165) is 15.6 Å². The zero-order valence-corrected chi connectivity index (χ0v) is 13.9. The number of aliphatic imine (C=N–C) groups is 1. The third-order valence-corrected chi connectivity index (χ3v) is 4.20. The molecule has 0 radical (unpaired) electrons. The molecule has 0 aromatic heterocycles. The second-order valence-corrected chi connectivity index (χ2v) is 6.16. The van der Waals surface area contributed by atoms with Crippen LogP contribution in [-0.2, 0) is 11.2 Å². The monoisotopic (exact) mass is 374 g/mol. The van der Waals surface area contributed by atoms with Crippen LogP contribution in [0, 0.1) is 0 Å². The van der Waals surface area contributed by atoms with Crippen molar-refractivity contribution in [1.29, 1.82) is 0 Å². The lowest BCUT2D eigenvalue weighted by molar-refractivity contribution is -0.115. The van der Waals surface area contributed by atoms with Gasteiger partial charge in [-0.1, -0.05) is 57.9 Å². The molecule has 1 amide bonds. The molecular weight excluding hydrogens is 364 g/mol. The number of amidine groups is 1. The molecule has 0 spiro atoms. The van der Waals surface area contributed by atoms with E-state index >= 15 is 0 Å². The number of carbonyl (C=O) groups is 1. The Morgan fingerprint density at radius 3 is 2.59 bits per heavy atom. The highest BCUT2D eigenvalue weighted by Crippen LogP contribution is 2.21. The normalized spacial score (nSPS) is 15.8. The molecule has 3 nitrogen and oxygen atoms in total. The van der Waals surface area contributed by atoms with E-state index in [4.69, 9.17) is 11.6 Å². The van der Waals surface area contributed by atoms with Crippen LogP contribution in [0.1, 0.15) is 11.1 Å². The highest BCUT2D eigenvalue weighted by atomic mass is 79.9. The van der Waals surface area contributed by atoms with Gasteiger partial charge < -0.3 is 5.32 Å². The molecule has 1 heterocycles. The summed E-state index contributed by atoms with van der Waals surface area (Å²) in [4.78, 5) is 16.4. The highest BCUT2D eigenvalue weighted by Gasteiger charge is 2.20. The molecule has 1 aliphatic heterocycles. The van der Waals surface area contributed by atoms with E-state index in [1.807, 2.05) is 48.5 Å². The van der Waals surface area contributed by atoms with Crippen molar-refractivity contribution in [3.63, 3.8) is 0 Å². The third-order valence-electron chi connectivity index (χ3n) is 3.23. The summed E-state index contributed by atoms with van der Waals surface area (Å²) in [6.45, 7) is 0. The van der Waals surface area contributed by atoms with Gasteiger partial charge in [-0.25, -0.2) is 4.99 Å². The minimum atomic E-state index is -0.181. The first kappa shape index (κ1) is 15.0. The van der Waals surface area contributed by atoms with Gasteiger partial charge in [0.05, 0.1) is 0 Å². The smallest absolute Gasteiger partial charge is 0.275 e. The number of carbonyl (C=O) groups excluding carboxylic acids is 1. The lowest BCUT2D eigenvalue weighted by atomic mass is 10.1. The molecule has 0 saturated carbocycles. The standard InChI is InChI=1S/C17H12BrClN2O/c18-14-4-2-1-3-12(14)10-15-17(22)21-16(20-15)9-11-5-7-13(19)8-6-11/h1-8,10H,9H2,(H,20,21,22)/b15-10-. The van der Waals surface area contributed by atoms with Gasteiger partial charge in [0.1, 0.15) is 11.5 Å². The number of nitrogens with one attached hydrogen (secondary N) is 1. The second kappa shape index (κ2) is 6.46. The van der Waals surface area contributed by atoms with Crippen LogP contribution in [0.15, 0.2) is 63.7 Å². The molecule has 22 heavy (non-hydrogen) atoms. The fraction of sp³-hybridized carbons (Fsp3) is 0.0588. The molecule has 0 unspecified atom stereocenters. The Hall–Kier alpha value is -1.91. The Morgan fingerprint density at radius 1 is 1.14 bits per heavy atom. The Balaban J connectivity index is 1.82. The van der Waals surface area contributed by atoms with Crippen molar-refractivity contribution in [1.82, 2.24) is 5.32 Å². The predicted octanol–water partition coefficient (Wildman–Crippen LogP) is 4.21. The Bertz CT molecular complexity index is 782. The van der Waals surface area contributed by atoms with Gasteiger partial charge in [-0.2, -0.15) is 0 Å². The summed E-state index contributed by atoms with van der Waals surface area (Å²) >= 11 is 9.33. The molecule has 1 aliphatic rings. The van der Waals surface area contributed by atoms with Crippen molar-refractivity contribution in [3.8, 4) is 0 Å². The molecular formula is C17H12BrClN2O. The lowest BCUT2D eigenvalue weighted by Gasteiger charge is -2.00. The lowest BCUT2D eigenvalue weighted by Crippen LogP contribution is -2.25. The number of amides is 1. The second-order valence-electron chi connectivity index (χ2n) is 4.87. The number of halogens is 2. The van der Waals surface area contributed by atoms with Crippen LogP contribution in [-0.4, -0.2) is 11.7 Å². The molecule has 0 atom stereocenters. The van der Waals surface area contributed by atoms with Gasteiger partial charge in [0.15, 0.2) is 0 Å². The summed E-state index contributed by atoms with van der Waals surface area (Å²) in [6.07, 6.45) is 2.34. The molecule has 0 saturated heterocycles. The van der Waals surface area contributed by atoms with E-state index in [2.05, 4.69) is 26.2 Å². The van der Waals surface area contributed by atoms with Crippen molar-refractivity contribution in [2.75, 3.05) is 0 Å². The molecule has 0 bridgehead atoms. The molecule has 110 valence electrons.